The predicted octanol–water partition coefficient (Wildman–Crippen LogP) is 2.52. The highest BCUT2D eigenvalue weighted by molar-refractivity contribution is 5.44. The molecule has 1 aliphatic rings. The molecule has 3 nitrogen and oxygen atoms in total. The highest BCUT2D eigenvalue weighted by Crippen LogP contribution is 2.32. The first-order valence-electron chi connectivity index (χ1n) is 6.17. The van der Waals surface area contributed by atoms with Gasteiger partial charge in [0.1, 0.15) is 13.2 Å². The summed E-state index contributed by atoms with van der Waals surface area (Å²) in [6, 6.07) is 6.16. The first-order chi connectivity index (χ1) is 8.52. The molecule has 0 saturated heterocycles. The molecule has 0 radical (unpaired) electrons. The predicted molar refractivity (Wildman–Crippen MR) is 71.9 cm³/mol. The second-order valence-corrected chi connectivity index (χ2v) is 5.04. The van der Waals surface area contributed by atoms with Crippen molar-refractivity contribution in [2.75, 3.05) is 13.2 Å². The number of benzene rings is 1. The number of nitrogens with one attached hydrogen (secondary N) is 1. The summed E-state index contributed by atoms with van der Waals surface area (Å²) in [7, 11) is 0. The third kappa shape index (κ3) is 2.77. The maximum absolute atomic E-state index is 5.58. The molecular formula is C15H19NO2. The lowest BCUT2D eigenvalue weighted by atomic mass is 10.0. The SMILES string of the molecule is C#CC(C)(C)NC(C)c1ccc2c(c1)OCCO2. The molecule has 2 rings (SSSR count). The zero-order valence-electron chi connectivity index (χ0n) is 11.1. The second-order valence-electron chi connectivity index (χ2n) is 5.04. The Balaban J connectivity index is 2.16. The summed E-state index contributed by atoms with van der Waals surface area (Å²) in [5, 5.41) is 3.40. The lowest BCUT2D eigenvalue weighted by Gasteiger charge is -2.26. The first kappa shape index (κ1) is 12.8. The summed E-state index contributed by atoms with van der Waals surface area (Å²) in [5.74, 6) is 4.36. The third-order valence-corrected chi connectivity index (χ3v) is 3.00. The normalized spacial score (nSPS) is 15.9. The van der Waals surface area contributed by atoms with Crippen LogP contribution in [-0.2, 0) is 0 Å². The van der Waals surface area contributed by atoms with Gasteiger partial charge in [-0.25, -0.2) is 0 Å². The summed E-state index contributed by atoms with van der Waals surface area (Å²) < 4.78 is 11.1. The van der Waals surface area contributed by atoms with Gasteiger partial charge in [0.05, 0.1) is 5.54 Å². The molecule has 1 aromatic rings. The number of hydrogen-bond donors (Lipinski definition) is 1. The highest BCUT2D eigenvalue weighted by Gasteiger charge is 2.19. The quantitative estimate of drug-likeness (QED) is 0.830. The van der Waals surface area contributed by atoms with E-state index in [2.05, 4.69) is 18.2 Å². The van der Waals surface area contributed by atoms with E-state index in [4.69, 9.17) is 15.9 Å². The smallest absolute Gasteiger partial charge is 0.161 e. The van der Waals surface area contributed by atoms with Crippen LogP contribution < -0.4 is 14.8 Å². The van der Waals surface area contributed by atoms with Gasteiger partial charge in [-0.15, -0.1) is 6.42 Å². The molecule has 1 N–H and O–H groups in total. The van der Waals surface area contributed by atoms with Gasteiger partial charge >= 0.3 is 0 Å². The van der Waals surface area contributed by atoms with E-state index in [-0.39, 0.29) is 11.6 Å². The molecule has 1 heterocycles. The Hall–Kier alpha value is -1.66. The van der Waals surface area contributed by atoms with Gasteiger partial charge in [0.2, 0.25) is 0 Å². The maximum Gasteiger partial charge on any atom is 0.161 e. The lowest BCUT2D eigenvalue weighted by molar-refractivity contribution is 0.171. The summed E-state index contributed by atoms with van der Waals surface area (Å²) >= 11 is 0. The van der Waals surface area contributed by atoms with Gasteiger partial charge in [-0.1, -0.05) is 12.0 Å². The monoisotopic (exact) mass is 245 g/mol. The Morgan fingerprint density at radius 3 is 2.61 bits per heavy atom. The fraction of sp³-hybridized carbons (Fsp3) is 0.467. The van der Waals surface area contributed by atoms with Crippen LogP contribution in [0.2, 0.25) is 0 Å². The number of fused-ring (bicyclic) bond motifs is 1. The molecular weight excluding hydrogens is 226 g/mol. The fourth-order valence-electron chi connectivity index (χ4n) is 2.00. The molecule has 0 spiro atoms. The van der Waals surface area contributed by atoms with Crippen molar-refractivity contribution >= 4 is 0 Å². The van der Waals surface area contributed by atoms with E-state index < -0.39 is 0 Å². The topological polar surface area (TPSA) is 30.5 Å². The Labute approximate surface area is 108 Å². The molecule has 96 valence electrons. The van der Waals surface area contributed by atoms with E-state index in [0.717, 1.165) is 17.1 Å². The van der Waals surface area contributed by atoms with Crippen molar-refractivity contribution in [3.8, 4) is 23.8 Å². The molecule has 1 unspecified atom stereocenters. The molecule has 0 bridgehead atoms. The molecule has 1 aromatic carbocycles. The van der Waals surface area contributed by atoms with Crippen molar-refractivity contribution in [2.24, 2.45) is 0 Å². The van der Waals surface area contributed by atoms with Crippen molar-refractivity contribution < 1.29 is 9.47 Å². The third-order valence-electron chi connectivity index (χ3n) is 3.00. The standard InChI is InChI=1S/C15H19NO2/c1-5-15(3,4)16-11(2)12-6-7-13-14(10-12)18-9-8-17-13/h1,6-7,10-11,16H,8-9H2,2-4H3. The molecule has 1 aliphatic heterocycles. The minimum absolute atomic E-state index is 0.159. The van der Waals surface area contributed by atoms with E-state index in [1.807, 2.05) is 32.0 Å². The van der Waals surface area contributed by atoms with Crippen molar-refractivity contribution in [3.63, 3.8) is 0 Å². The zero-order valence-corrected chi connectivity index (χ0v) is 11.1. The van der Waals surface area contributed by atoms with E-state index in [9.17, 15) is 0 Å². The number of rotatable bonds is 3. The van der Waals surface area contributed by atoms with Crippen LogP contribution in [0.5, 0.6) is 11.5 Å². The minimum Gasteiger partial charge on any atom is -0.486 e. The Morgan fingerprint density at radius 1 is 1.28 bits per heavy atom. The zero-order chi connectivity index (χ0) is 13.2. The van der Waals surface area contributed by atoms with Gasteiger partial charge in [-0.2, -0.15) is 0 Å². The van der Waals surface area contributed by atoms with Gasteiger partial charge in [0, 0.05) is 6.04 Å². The average molecular weight is 245 g/mol. The van der Waals surface area contributed by atoms with Crippen molar-refractivity contribution in [2.45, 2.75) is 32.4 Å². The van der Waals surface area contributed by atoms with Gasteiger partial charge in [-0.3, -0.25) is 5.32 Å². The van der Waals surface area contributed by atoms with Gasteiger partial charge in [0.15, 0.2) is 11.5 Å². The van der Waals surface area contributed by atoms with Crippen LogP contribution in [0.3, 0.4) is 0 Å². The van der Waals surface area contributed by atoms with Crippen LogP contribution in [0.25, 0.3) is 0 Å². The van der Waals surface area contributed by atoms with Gasteiger partial charge in [-0.05, 0) is 38.5 Å². The number of hydrogen-bond acceptors (Lipinski definition) is 3. The molecule has 0 aliphatic carbocycles. The van der Waals surface area contributed by atoms with Crippen molar-refractivity contribution in [1.82, 2.24) is 5.32 Å². The summed E-state index contributed by atoms with van der Waals surface area (Å²) in [5.41, 5.74) is 0.815. The Morgan fingerprint density at radius 2 is 1.94 bits per heavy atom. The van der Waals surface area contributed by atoms with Crippen molar-refractivity contribution in [1.29, 1.82) is 0 Å². The molecule has 0 aromatic heterocycles. The Bertz CT molecular complexity index is 474. The summed E-state index contributed by atoms with van der Waals surface area (Å²) in [6.45, 7) is 7.28. The Kier molecular flexibility index (Phi) is 3.49. The van der Waals surface area contributed by atoms with E-state index >= 15 is 0 Å². The molecule has 18 heavy (non-hydrogen) atoms. The highest BCUT2D eigenvalue weighted by atomic mass is 16.6. The van der Waals surface area contributed by atoms with E-state index in [1.165, 1.54) is 0 Å². The lowest BCUT2D eigenvalue weighted by Crippen LogP contribution is -2.39. The number of ether oxygens (including phenoxy) is 2. The van der Waals surface area contributed by atoms with Crippen molar-refractivity contribution in [3.05, 3.63) is 23.8 Å². The molecule has 0 fully saturated rings. The van der Waals surface area contributed by atoms with Crippen LogP contribution in [0.1, 0.15) is 32.4 Å². The largest absolute Gasteiger partial charge is 0.486 e. The maximum atomic E-state index is 5.58. The molecule has 1 atom stereocenters. The minimum atomic E-state index is -0.327. The summed E-state index contributed by atoms with van der Waals surface area (Å²) in [6.07, 6.45) is 5.49. The van der Waals surface area contributed by atoms with Crippen LogP contribution in [0, 0.1) is 12.3 Å². The molecule has 0 saturated carbocycles. The van der Waals surface area contributed by atoms with E-state index in [0.29, 0.717) is 13.2 Å². The van der Waals surface area contributed by atoms with Crippen LogP contribution in [0.15, 0.2) is 18.2 Å². The van der Waals surface area contributed by atoms with Crippen LogP contribution in [-0.4, -0.2) is 18.8 Å². The average Bonchev–Trinajstić information content (AvgIpc) is 2.37. The van der Waals surface area contributed by atoms with Crippen LogP contribution in [0.4, 0.5) is 0 Å². The molecule has 0 amide bonds. The second kappa shape index (κ2) is 4.91. The fourth-order valence-corrected chi connectivity index (χ4v) is 2.00. The van der Waals surface area contributed by atoms with Crippen LogP contribution >= 0.6 is 0 Å². The van der Waals surface area contributed by atoms with E-state index in [1.54, 1.807) is 0 Å². The van der Waals surface area contributed by atoms with Gasteiger partial charge in [0.25, 0.3) is 0 Å². The first-order valence-corrected chi connectivity index (χ1v) is 6.17. The molecule has 3 heteroatoms. The van der Waals surface area contributed by atoms with Gasteiger partial charge < -0.3 is 9.47 Å². The number of terminal acetylenes is 1. The summed E-state index contributed by atoms with van der Waals surface area (Å²) in [4.78, 5) is 0.